The zero-order chi connectivity index (χ0) is 18.2. The standard InChI is InChI=1S/C18H28N2O4/c1-18(2,3)24-17(22)19-15(13-14-9-7-6-8-10-14)16(21)23-12-11-20(4)5/h6-10,15H,11-13H2,1-5H3,(H,19,22)/t15-/m0/s1. The van der Waals surface area contributed by atoms with Crippen molar-refractivity contribution >= 4 is 12.1 Å². The van der Waals surface area contributed by atoms with E-state index in [4.69, 9.17) is 9.47 Å². The summed E-state index contributed by atoms with van der Waals surface area (Å²) in [4.78, 5) is 26.2. The van der Waals surface area contributed by atoms with E-state index < -0.39 is 23.7 Å². The van der Waals surface area contributed by atoms with Crippen LogP contribution in [0.2, 0.25) is 0 Å². The van der Waals surface area contributed by atoms with Crippen LogP contribution in [0.1, 0.15) is 26.3 Å². The first-order valence-corrected chi connectivity index (χ1v) is 8.02. The highest BCUT2D eigenvalue weighted by Crippen LogP contribution is 2.09. The van der Waals surface area contributed by atoms with Gasteiger partial charge in [-0.2, -0.15) is 0 Å². The number of alkyl carbamates (subject to hydrolysis) is 1. The van der Waals surface area contributed by atoms with Gasteiger partial charge in [0.15, 0.2) is 0 Å². The molecule has 0 saturated heterocycles. The van der Waals surface area contributed by atoms with Crippen LogP contribution in [-0.4, -0.2) is 55.9 Å². The van der Waals surface area contributed by atoms with E-state index in [1.807, 2.05) is 49.3 Å². The minimum Gasteiger partial charge on any atom is -0.463 e. The second-order valence-corrected chi connectivity index (χ2v) is 6.86. The summed E-state index contributed by atoms with van der Waals surface area (Å²) >= 11 is 0. The minimum atomic E-state index is -0.788. The number of carbonyl (C=O) groups is 2. The first-order chi connectivity index (χ1) is 11.2. The Hall–Kier alpha value is -2.08. The van der Waals surface area contributed by atoms with E-state index in [-0.39, 0.29) is 6.61 Å². The van der Waals surface area contributed by atoms with E-state index in [1.54, 1.807) is 20.8 Å². The quantitative estimate of drug-likeness (QED) is 0.773. The van der Waals surface area contributed by atoms with Gasteiger partial charge in [-0.1, -0.05) is 30.3 Å². The number of benzene rings is 1. The number of nitrogens with one attached hydrogen (secondary N) is 1. The number of hydrogen-bond donors (Lipinski definition) is 1. The van der Waals surface area contributed by atoms with Crippen molar-refractivity contribution in [3.05, 3.63) is 35.9 Å². The van der Waals surface area contributed by atoms with E-state index in [0.29, 0.717) is 13.0 Å². The summed E-state index contributed by atoms with van der Waals surface area (Å²) in [7, 11) is 3.79. The average Bonchev–Trinajstić information content (AvgIpc) is 2.45. The number of hydrogen-bond acceptors (Lipinski definition) is 5. The molecule has 134 valence electrons. The summed E-state index contributed by atoms with van der Waals surface area (Å²) in [6.07, 6.45) is -0.283. The van der Waals surface area contributed by atoms with Crippen LogP contribution in [-0.2, 0) is 20.7 Å². The highest BCUT2D eigenvalue weighted by Gasteiger charge is 2.25. The molecule has 0 aliphatic rings. The van der Waals surface area contributed by atoms with Gasteiger partial charge in [-0.05, 0) is 40.4 Å². The molecule has 1 N–H and O–H groups in total. The van der Waals surface area contributed by atoms with Gasteiger partial charge in [0.2, 0.25) is 0 Å². The molecule has 6 heteroatoms. The zero-order valence-electron chi connectivity index (χ0n) is 15.2. The molecule has 0 saturated carbocycles. The number of likely N-dealkylation sites (N-methyl/N-ethyl adjacent to an activating group) is 1. The van der Waals surface area contributed by atoms with Crippen molar-refractivity contribution in [1.82, 2.24) is 10.2 Å². The van der Waals surface area contributed by atoms with Gasteiger partial charge >= 0.3 is 12.1 Å². The number of rotatable bonds is 7. The van der Waals surface area contributed by atoms with E-state index in [0.717, 1.165) is 5.56 Å². The maximum atomic E-state index is 12.3. The van der Waals surface area contributed by atoms with Crippen molar-refractivity contribution in [1.29, 1.82) is 0 Å². The van der Waals surface area contributed by atoms with Gasteiger partial charge in [0.25, 0.3) is 0 Å². The van der Waals surface area contributed by atoms with Gasteiger partial charge in [-0.15, -0.1) is 0 Å². The minimum absolute atomic E-state index is 0.271. The Kier molecular flexibility index (Phi) is 7.71. The van der Waals surface area contributed by atoms with E-state index in [2.05, 4.69) is 5.32 Å². The van der Waals surface area contributed by atoms with Crippen LogP contribution in [0.4, 0.5) is 4.79 Å². The van der Waals surface area contributed by atoms with Crippen molar-refractivity contribution < 1.29 is 19.1 Å². The molecule has 1 amide bonds. The number of amides is 1. The monoisotopic (exact) mass is 336 g/mol. The molecule has 0 unspecified atom stereocenters. The highest BCUT2D eigenvalue weighted by atomic mass is 16.6. The fraction of sp³-hybridized carbons (Fsp3) is 0.556. The van der Waals surface area contributed by atoms with E-state index in [9.17, 15) is 9.59 Å². The number of carbonyl (C=O) groups excluding carboxylic acids is 2. The molecule has 6 nitrogen and oxygen atoms in total. The number of nitrogens with zero attached hydrogens (tertiary/aromatic N) is 1. The van der Waals surface area contributed by atoms with Gasteiger partial charge < -0.3 is 19.7 Å². The molecular formula is C18H28N2O4. The number of ether oxygens (including phenoxy) is 2. The molecular weight excluding hydrogens is 308 g/mol. The van der Waals surface area contributed by atoms with Crippen molar-refractivity contribution in [3.8, 4) is 0 Å². The Labute approximate surface area is 144 Å². The van der Waals surface area contributed by atoms with Crippen LogP contribution in [0.15, 0.2) is 30.3 Å². The van der Waals surface area contributed by atoms with Crippen molar-refractivity contribution in [3.63, 3.8) is 0 Å². The molecule has 0 aliphatic carbocycles. The summed E-state index contributed by atoms with van der Waals surface area (Å²) in [5.74, 6) is -0.466. The third kappa shape index (κ3) is 8.53. The topological polar surface area (TPSA) is 67.9 Å². The maximum absolute atomic E-state index is 12.3. The van der Waals surface area contributed by atoms with Crippen LogP contribution in [0.5, 0.6) is 0 Å². The van der Waals surface area contributed by atoms with Gasteiger partial charge in [0.05, 0.1) is 0 Å². The third-order valence-electron chi connectivity index (χ3n) is 3.04. The smallest absolute Gasteiger partial charge is 0.408 e. The molecule has 1 aromatic carbocycles. The van der Waals surface area contributed by atoms with Crippen molar-refractivity contribution in [2.24, 2.45) is 0 Å². The summed E-state index contributed by atoms with van der Waals surface area (Å²) < 4.78 is 10.5. The summed E-state index contributed by atoms with van der Waals surface area (Å²) in [5.41, 5.74) is 0.305. The maximum Gasteiger partial charge on any atom is 0.408 e. The highest BCUT2D eigenvalue weighted by molar-refractivity contribution is 5.81. The second-order valence-electron chi connectivity index (χ2n) is 6.86. The molecule has 24 heavy (non-hydrogen) atoms. The zero-order valence-corrected chi connectivity index (χ0v) is 15.2. The van der Waals surface area contributed by atoms with Gasteiger partial charge in [0, 0.05) is 13.0 Å². The molecule has 0 bridgehead atoms. The second kappa shape index (κ2) is 9.27. The summed E-state index contributed by atoms with van der Waals surface area (Å²) in [5, 5.41) is 2.61. The van der Waals surface area contributed by atoms with Crippen LogP contribution in [0, 0.1) is 0 Å². The molecule has 1 rings (SSSR count). The van der Waals surface area contributed by atoms with Gasteiger partial charge in [0.1, 0.15) is 18.2 Å². The predicted molar refractivity (Wildman–Crippen MR) is 92.8 cm³/mol. The Balaban J connectivity index is 2.71. The lowest BCUT2D eigenvalue weighted by Crippen LogP contribution is -2.45. The fourth-order valence-corrected chi connectivity index (χ4v) is 1.92. The number of esters is 1. The SMILES string of the molecule is CN(C)CCOC(=O)[C@H](Cc1ccccc1)NC(=O)OC(C)(C)C. The van der Waals surface area contributed by atoms with Gasteiger partial charge in [-0.25, -0.2) is 9.59 Å². The van der Waals surface area contributed by atoms with E-state index >= 15 is 0 Å². The van der Waals surface area contributed by atoms with Crippen molar-refractivity contribution in [2.45, 2.75) is 38.8 Å². The first-order valence-electron chi connectivity index (χ1n) is 8.02. The molecule has 0 fully saturated rings. The lowest BCUT2D eigenvalue weighted by molar-refractivity contribution is -0.146. The predicted octanol–water partition coefficient (Wildman–Crippen LogP) is 2.23. The fourth-order valence-electron chi connectivity index (χ4n) is 1.92. The van der Waals surface area contributed by atoms with Crippen LogP contribution in [0.25, 0.3) is 0 Å². The lowest BCUT2D eigenvalue weighted by atomic mass is 10.1. The lowest BCUT2D eigenvalue weighted by Gasteiger charge is -2.23. The van der Waals surface area contributed by atoms with Crippen LogP contribution in [0.3, 0.4) is 0 Å². The Morgan fingerprint density at radius 3 is 2.33 bits per heavy atom. The van der Waals surface area contributed by atoms with Crippen molar-refractivity contribution in [2.75, 3.05) is 27.2 Å². The largest absolute Gasteiger partial charge is 0.463 e. The van der Waals surface area contributed by atoms with Crippen LogP contribution >= 0.6 is 0 Å². The first kappa shape index (κ1) is 20.0. The van der Waals surface area contributed by atoms with Crippen LogP contribution < -0.4 is 5.32 Å². The Bertz CT molecular complexity index is 524. The summed E-state index contributed by atoms with van der Waals surface area (Å²) in [6, 6.07) is 8.68. The molecule has 0 heterocycles. The van der Waals surface area contributed by atoms with E-state index in [1.165, 1.54) is 0 Å². The molecule has 0 aromatic heterocycles. The molecule has 1 atom stereocenters. The Morgan fingerprint density at radius 2 is 1.79 bits per heavy atom. The molecule has 1 aromatic rings. The average molecular weight is 336 g/mol. The molecule has 0 spiro atoms. The summed E-state index contributed by atoms with van der Waals surface area (Å²) in [6.45, 7) is 6.21. The molecule has 0 aliphatic heterocycles. The van der Waals surface area contributed by atoms with Gasteiger partial charge in [-0.3, -0.25) is 0 Å². The molecule has 0 radical (unpaired) electrons. The Morgan fingerprint density at radius 1 is 1.17 bits per heavy atom. The normalized spacial score (nSPS) is 12.6. The third-order valence-corrected chi connectivity index (χ3v) is 3.04.